The van der Waals surface area contributed by atoms with E-state index in [1.807, 2.05) is 0 Å². The number of halogens is 18. The molecule has 0 aliphatic rings. The van der Waals surface area contributed by atoms with Crippen LogP contribution >= 0.6 is 0 Å². The normalized spacial score (nSPS) is 18.0. The van der Waals surface area contributed by atoms with E-state index in [1.54, 1.807) is 0 Å². The molecule has 3 unspecified atom stereocenters. The topological polar surface area (TPSA) is 121 Å². The van der Waals surface area contributed by atoms with Crippen molar-refractivity contribution in [3.63, 3.8) is 0 Å². The Kier molecular flexibility index (Phi) is 19.1. The number of hydrogen-bond donors (Lipinski definition) is 6. The summed E-state index contributed by atoms with van der Waals surface area (Å²) in [5, 5.41) is 48.8. The van der Waals surface area contributed by atoms with E-state index in [2.05, 4.69) is 0 Å². The Morgan fingerprint density at radius 2 is 0.350 bits per heavy atom. The number of rotatable bonds is 6. The van der Waals surface area contributed by atoms with Crippen molar-refractivity contribution < 1.29 is 127 Å². The molecule has 0 bridgehead atoms. The van der Waals surface area contributed by atoms with Gasteiger partial charge in [-0.3, -0.25) is 0 Å². The van der Waals surface area contributed by atoms with Crippen molar-refractivity contribution in [2.45, 2.75) is 92.9 Å². The maximum atomic E-state index is 11.5. The molecule has 25 heteroatoms. The van der Waals surface area contributed by atoms with Gasteiger partial charge in [0.2, 0.25) is 0 Å². The zero-order valence-electron chi connectivity index (χ0n) is 18.5. The molecule has 0 amide bonds. The average Bonchev–Trinajstić information content (AvgIpc) is 2.64. The fourth-order valence-electron chi connectivity index (χ4n) is 1.44. The number of aliphatic hydroxyl groups excluding tert-OH is 6. The second-order valence-electron chi connectivity index (χ2n) is 7.05. The Morgan fingerprint density at radius 1 is 0.275 bits per heavy atom. The van der Waals surface area contributed by atoms with Crippen molar-refractivity contribution in [2.75, 3.05) is 0 Å². The Balaban J connectivity index is -0.000000240. The van der Waals surface area contributed by atoms with Gasteiger partial charge >= 0.3 is 37.1 Å². The van der Waals surface area contributed by atoms with E-state index in [9.17, 15) is 79.0 Å². The van der Waals surface area contributed by atoms with Gasteiger partial charge < -0.3 is 30.6 Å². The van der Waals surface area contributed by atoms with Crippen molar-refractivity contribution in [2.24, 2.45) is 0 Å². The van der Waals surface area contributed by atoms with Crippen molar-refractivity contribution in [1.29, 1.82) is 0 Å². The molecule has 0 saturated heterocycles. The van der Waals surface area contributed by atoms with Gasteiger partial charge in [-0.15, -0.1) is 0 Å². The van der Waals surface area contributed by atoms with E-state index >= 15 is 0 Å². The van der Waals surface area contributed by atoms with E-state index in [1.165, 1.54) is 0 Å². The molecular formula is C15H18F18MnO6. The molecule has 0 fully saturated rings. The summed E-state index contributed by atoms with van der Waals surface area (Å²) in [5.41, 5.74) is 0. The molecule has 0 aromatic heterocycles. The van der Waals surface area contributed by atoms with Crippen LogP contribution in [0.25, 0.3) is 0 Å². The summed E-state index contributed by atoms with van der Waals surface area (Å²) in [4.78, 5) is 0. The van der Waals surface area contributed by atoms with Crippen LogP contribution in [0, 0.1) is 0 Å². The molecule has 0 rings (SSSR count). The molecule has 6 nitrogen and oxygen atoms in total. The summed E-state index contributed by atoms with van der Waals surface area (Å²) < 4.78 is 206. The molecule has 0 aliphatic heterocycles. The second-order valence-corrected chi connectivity index (χ2v) is 7.05. The van der Waals surface area contributed by atoms with Gasteiger partial charge in [-0.05, 0) is 0 Å². The summed E-state index contributed by atoms with van der Waals surface area (Å²) >= 11 is 0. The SMILES string of the molecule is OC(CC(O)C(F)(F)F)C(F)(F)F.OC(C[C@H](O)C(F)(F)F)C(F)(F)F.O[C@H](C[C@@H](O)C(F)(F)F)C(F)(F)F.[Mn]. The molecule has 40 heavy (non-hydrogen) atoms. The van der Waals surface area contributed by atoms with E-state index in [-0.39, 0.29) is 17.1 Å². The largest absolute Gasteiger partial charge is 0.414 e. The van der Waals surface area contributed by atoms with Gasteiger partial charge in [0.05, 0.1) is 0 Å². The fourth-order valence-corrected chi connectivity index (χ4v) is 1.44. The first-order chi connectivity index (χ1) is 16.6. The Bertz CT molecular complexity index is 527. The third-order valence-corrected chi connectivity index (χ3v) is 3.61. The predicted octanol–water partition coefficient (Wildman–Crippen LogP) is 3.67. The van der Waals surface area contributed by atoms with Crippen LogP contribution in [0.1, 0.15) is 19.3 Å². The molecule has 0 aromatic carbocycles. The van der Waals surface area contributed by atoms with Crippen LogP contribution in [0.3, 0.4) is 0 Å². The van der Waals surface area contributed by atoms with Gasteiger partial charge in [0, 0.05) is 36.3 Å². The first-order valence-electron chi connectivity index (χ1n) is 9.13. The first kappa shape index (κ1) is 46.0. The maximum Gasteiger partial charge on any atom is 0.414 e. The molecular weight excluding hydrogens is 673 g/mol. The molecule has 6 N–H and O–H groups in total. The van der Waals surface area contributed by atoms with Gasteiger partial charge in [0.1, 0.15) is 0 Å². The Morgan fingerprint density at radius 3 is 0.400 bits per heavy atom. The van der Waals surface area contributed by atoms with Crippen LogP contribution in [-0.4, -0.2) is 104 Å². The van der Waals surface area contributed by atoms with Gasteiger partial charge in [-0.2, -0.15) is 79.0 Å². The molecule has 247 valence electrons. The summed E-state index contributed by atoms with van der Waals surface area (Å²) in [7, 11) is 0. The summed E-state index contributed by atoms with van der Waals surface area (Å²) in [6, 6.07) is 0. The fraction of sp³-hybridized carbons (Fsp3) is 1.00. The van der Waals surface area contributed by atoms with Crippen molar-refractivity contribution in [3.05, 3.63) is 0 Å². The molecule has 0 heterocycles. The monoisotopic (exact) mass is 691 g/mol. The van der Waals surface area contributed by atoms with Crippen molar-refractivity contribution >= 4 is 0 Å². The number of hydrogen-bond acceptors (Lipinski definition) is 6. The molecule has 0 spiro atoms. The summed E-state index contributed by atoms with van der Waals surface area (Å²) in [6.07, 6.45) is -55.3. The third-order valence-electron chi connectivity index (χ3n) is 3.61. The molecule has 0 aromatic rings. The van der Waals surface area contributed by atoms with Crippen molar-refractivity contribution in [1.82, 2.24) is 0 Å². The molecule has 6 atom stereocenters. The van der Waals surface area contributed by atoms with Gasteiger partial charge in [0.15, 0.2) is 36.6 Å². The minimum absolute atomic E-state index is 0. The van der Waals surface area contributed by atoms with Crippen LogP contribution in [0.5, 0.6) is 0 Å². The molecule has 0 saturated carbocycles. The second kappa shape index (κ2) is 16.6. The summed E-state index contributed by atoms with van der Waals surface area (Å²) in [6.45, 7) is 0. The van der Waals surface area contributed by atoms with Crippen LogP contribution in [0.15, 0.2) is 0 Å². The van der Waals surface area contributed by atoms with Gasteiger partial charge in [-0.25, -0.2) is 0 Å². The van der Waals surface area contributed by atoms with E-state index in [0.29, 0.717) is 0 Å². The van der Waals surface area contributed by atoms with Gasteiger partial charge in [-0.1, -0.05) is 0 Å². The van der Waals surface area contributed by atoms with E-state index in [0.717, 1.165) is 0 Å². The average molecular weight is 691 g/mol. The van der Waals surface area contributed by atoms with Crippen LogP contribution < -0.4 is 0 Å². The maximum absolute atomic E-state index is 11.5. The minimum atomic E-state index is -5.15. The molecule has 1 radical (unpaired) electrons. The van der Waals surface area contributed by atoms with Gasteiger partial charge in [0.25, 0.3) is 0 Å². The summed E-state index contributed by atoms with van der Waals surface area (Å²) in [5.74, 6) is 0. The number of alkyl halides is 18. The quantitative estimate of drug-likeness (QED) is 0.187. The van der Waals surface area contributed by atoms with E-state index < -0.39 is 92.9 Å². The van der Waals surface area contributed by atoms with Crippen LogP contribution in [0.4, 0.5) is 79.0 Å². The zero-order valence-corrected chi connectivity index (χ0v) is 19.6. The predicted molar refractivity (Wildman–Crippen MR) is 86.2 cm³/mol. The first-order valence-corrected chi connectivity index (χ1v) is 9.13. The Hall–Kier alpha value is -0.981. The molecule has 0 aliphatic carbocycles. The minimum Gasteiger partial charge on any atom is -0.384 e. The third kappa shape index (κ3) is 21.7. The van der Waals surface area contributed by atoms with Crippen molar-refractivity contribution in [3.8, 4) is 0 Å². The Labute approximate surface area is 220 Å². The van der Waals surface area contributed by atoms with E-state index in [4.69, 9.17) is 30.6 Å². The smallest absolute Gasteiger partial charge is 0.384 e. The van der Waals surface area contributed by atoms with Crippen LogP contribution in [0.2, 0.25) is 0 Å². The number of aliphatic hydroxyl groups is 6. The zero-order chi connectivity index (χ0) is 32.6. The van der Waals surface area contributed by atoms with Crippen LogP contribution in [-0.2, 0) is 17.1 Å². The standard InChI is InChI=1S/3C5H6F6O2.Mn/c3*6-4(7,8)2(12)1-3(13)5(9,10)11;/h3*2-3,12-13H,1H2;/t2-,3?;2-,3-;;/m01../s1.